The van der Waals surface area contributed by atoms with Gasteiger partial charge in [0, 0.05) is 32.1 Å². The number of methoxy groups -OCH3 is 2. The fourth-order valence-corrected chi connectivity index (χ4v) is 3.19. The van der Waals surface area contributed by atoms with Gasteiger partial charge in [-0.1, -0.05) is 23.7 Å². The van der Waals surface area contributed by atoms with Crippen molar-refractivity contribution in [2.75, 3.05) is 19.5 Å². The molecule has 0 radical (unpaired) electrons. The minimum atomic E-state index is -0.252. The first kappa shape index (κ1) is 18.8. The van der Waals surface area contributed by atoms with Crippen molar-refractivity contribution in [1.82, 2.24) is 9.13 Å². The summed E-state index contributed by atoms with van der Waals surface area (Å²) in [5.74, 6) is 0.604. The van der Waals surface area contributed by atoms with E-state index in [-0.39, 0.29) is 24.6 Å². The number of rotatable bonds is 6. The van der Waals surface area contributed by atoms with Crippen LogP contribution in [0.15, 0.2) is 41.2 Å². The number of amides is 1. The first-order valence-corrected chi connectivity index (χ1v) is 8.69. The summed E-state index contributed by atoms with van der Waals surface area (Å²) in [6.07, 6.45) is 0.127. The van der Waals surface area contributed by atoms with E-state index in [1.807, 2.05) is 24.3 Å². The maximum atomic E-state index is 12.4. The molecule has 0 spiro atoms. The molecule has 0 saturated carbocycles. The van der Waals surface area contributed by atoms with Gasteiger partial charge in [-0.2, -0.15) is 0 Å². The first-order chi connectivity index (χ1) is 13.0. The van der Waals surface area contributed by atoms with Crippen LogP contribution in [0.2, 0.25) is 5.02 Å². The highest BCUT2D eigenvalue weighted by molar-refractivity contribution is 6.32. The number of aryl methyl sites for hydroxylation is 2. The minimum Gasteiger partial charge on any atom is -0.495 e. The van der Waals surface area contributed by atoms with Gasteiger partial charge in [-0.3, -0.25) is 13.9 Å². The second kappa shape index (κ2) is 7.75. The number of hydrogen-bond acceptors (Lipinski definition) is 4. The van der Waals surface area contributed by atoms with Crippen LogP contribution in [0.25, 0.3) is 11.0 Å². The molecule has 2 aromatic carbocycles. The number of nitrogens with one attached hydrogen (secondary N) is 1. The van der Waals surface area contributed by atoms with E-state index in [1.54, 1.807) is 28.3 Å². The van der Waals surface area contributed by atoms with Crippen LogP contribution in [-0.2, 0) is 18.4 Å². The summed E-state index contributed by atoms with van der Waals surface area (Å²) in [6, 6.07) is 10.6. The third-order valence-corrected chi connectivity index (χ3v) is 4.66. The molecule has 1 amide bonds. The maximum absolute atomic E-state index is 12.4. The molecule has 0 bridgehead atoms. The van der Waals surface area contributed by atoms with Gasteiger partial charge in [0.15, 0.2) is 0 Å². The van der Waals surface area contributed by atoms with Crippen LogP contribution in [-0.4, -0.2) is 29.3 Å². The molecule has 27 heavy (non-hydrogen) atoms. The van der Waals surface area contributed by atoms with Crippen LogP contribution in [0.1, 0.15) is 6.42 Å². The van der Waals surface area contributed by atoms with Crippen molar-refractivity contribution >= 4 is 34.2 Å². The third-order valence-electron chi connectivity index (χ3n) is 4.36. The fraction of sp³-hybridized carbons (Fsp3) is 0.263. The Labute approximate surface area is 161 Å². The molecular weight excluding hydrogens is 370 g/mol. The van der Waals surface area contributed by atoms with Gasteiger partial charge < -0.3 is 14.8 Å². The number of para-hydroxylation sites is 2. The van der Waals surface area contributed by atoms with Crippen LogP contribution >= 0.6 is 11.6 Å². The molecule has 8 heteroatoms. The number of halogens is 1. The molecule has 0 aliphatic heterocycles. The van der Waals surface area contributed by atoms with Crippen LogP contribution in [0.5, 0.6) is 11.5 Å². The molecule has 0 saturated heterocycles. The topological polar surface area (TPSA) is 74.5 Å². The number of ether oxygens (including phenoxy) is 2. The summed E-state index contributed by atoms with van der Waals surface area (Å²) in [5.41, 5.74) is 1.92. The summed E-state index contributed by atoms with van der Waals surface area (Å²) in [7, 11) is 4.70. The number of aromatic nitrogens is 2. The lowest BCUT2D eigenvalue weighted by Crippen LogP contribution is -2.24. The third kappa shape index (κ3) is 3.64. The highest BCUT2D eigenvalue weighted by Crippen LogP contribution is 2.35. The van der Waals surface area contributed by atoms with E-state index in [1.165, 1.54) is 14.2 Å². The molecule has 1 N–H and O–H groups in total. The first-order valence-electron chi connectivity index (χ1n) is 8.32. The monoisotopic (exact) mass is 389 g/mol. The van der Waals surface area contributed by atoms with E-state index in [4.69, 9.17) is 21.1 Å². The maximum Gasteiger partial charge on any atom is 0.328 e. The zero-order chi connectivity index (χ0) is 19.6. The van der Waals surface area contributed by atoms with Gasteiger partial charge in [-0.15, -0.1) is 0 Å². The predicted octanol–water partition coefficient (Wildman–Crippen LogP) is 3.04. The standard InChI is InChI=1S/C19H20ClN3O4/c1-22-14-6-4-5-7-15(14)23(19(22)25)9-8-18(24)21-13-11-16(26-2)12(20)10-17(13)27-3/h4-7,10-11H,8-9H2,1-3H3,(H,21,24). The second-order valence-corrected chi connectivity index (χ2v) is 6.37. The Balaban J connectivity index is 1.78. The van der Waals surface area contributed by atoms with Crippen molar-refractivity contribution < 1.29 is 14.3 Å². The molecular formula is C19H20ClN3O4. The Morgan fingerprint density at radius 3 is 2.44 bits per heavy atom. The van der Waals surface area contributed by atoms with E-state index < -0.39 is 0 Å². The zero-order valence-corrected chi connectivity index (χ0v) is 16.0. The van der Waals surface area contributed by atoms with E-state index in [2.05, 4.69) is 5.32 Å². The highest BCUT2D eigenvalue weighted by atomic mass is 35.5. The average Bonchev–Trinajstić information content (AvgIpc) is 2.92. The largest absolute Gasteiger partial charge is 0.495 e. The lowest BCUT2D eigenvalue weighted by Gasteiger charge is -2.13. The van der Waals surface area contributed by atoms with Crippen molar-refractivity contribution in [3.8, 4) is 11.5 Å². The number of anilines is 1. The van der Waals surface area contributed by atoms with Crippen molar-refractivity contribution in [3.63, 3.8) is 0 Å². The van der Waals surface area contributed by atoms with Crippen LogP contribution in [0.3, 0.4) is 0 Å². The van der Waals surface area contributed by atoms with Gasteiger partial charge in [0.05, 0.1) is 36.0 Å². The number of nitrogens with zero attached hydrogens (tertiary/aromatic N) is 2. The number of hydrogen-bond donors (Lipinski definition) is 1. The van der Waals surface area contributed by atoms with Crippen LogP contribution in [0, 0.1) is 0 Å². The van der Waals surface area contributed by atoms with Gasteiger partial charge in [-0.25, -0.2) is 4.79 Å². The molecule has 0 atom stereocenters. The Bertz CT molecular complexity index is 1060. The van der Waals surface area contributed by atoms with Gasteiger partial charge in [0.1, 0.15) is 11.5 Å². The highest BCUT2D eigenvalue weighted by Gasteiger charge is 2.14. The minimum absolute atomic E-state index is 0.127. The van der Waals surface area contributed by atoms with Crippen molar-refractivity contribution in [3.05, 3.63) is 51.9 Å². The number of carbonyl (C=O) groups is 1. The summed E-state index contributed by atoms with van der Waals surface area (Å²) < 4.78 is 13.6. The van der Waals surface area contributed by atoms with E-state index in [0.717, 1.165) is 11.0 Å². The molecule has 3 aromatic rings. The summed E-state index contributed by atoms with van der Waals surface area (Å²) in [6.45, 7) is 0.263. The summed E-state index contributed by atoms with van der Waals surface area (Å²) in [5, 5.41) is 3.17. The van der Waals surface area contributed by atoms with Gasteiger partial charge >= 0.3 is 5.69 Å². The number of benzene rings is 2. The summed E-state index contributed by atoms with van der Waals surface area (Å²) in [4.78, 5) is 24.9. The molecule has 3 rings (SSSR count). The van der Waals surface area contributed by atoms with Crippen molar-refractivity contribution in [2.24, 2.45) is 7.05 Å². The lowest BCUT2D eigenvalue weighted by atomic mass is 10.2. The summed E-state index contributed by atoms with van der Waals surface area (Å²) >= 11 is 6.08. The zero-order valence-electron chi connectivity index (χ0n) is 15.3. The smallest absolute Gasteiger partial charge is 0.328 e. The normalized spacial score (nSPS) is 10.8. The number of carbonyl (C=O) groups excluding carboxylic acids is 1. The Hall–Kier alpha value is -2.93. The Morgan fingerprint density at radius 2 is 1.78 bits per heavy atom. The van der Waals surface area contributed by atoms with Crippen molar-refractivity contribution in [2.45, 2.75) is 13.0 Å². The number of fused-ring (bicyclic) bond motifs is 1. The van der Waals surface area contributed by atoms with E-state index in [9.17, 15) is 9.59 Å². The molecule has 0 aliphatic rings. The van der Waals surface area contributed by atoms with Crippen LogP contribution < -0.4 is 20.5 Å². The van der Waals surface area contributed by atoms with E-state index >= 15 is 0 Å². The lowest BCUT2D eigenvalue weighted by molar-refractivity contribution is -0.116. The van der Waals surface area contributed by atoms with Gasteiger partial charge in [-0.05, 0) is 12.1 Å². The number of imidazole rings is 1. The van der Waals surface area contributed by atoms with Crippen molar-refractivity contribution in [1.29, 1.82) is 0 Å². The van der Waals surface area contributed by atoms with E-state index in [0.29, 0.717) is 22.2 Å². The molecule has 142 valence electrons. The van der Waals surface area contributed by atoms with Gasteiger partial charge in [0.25, 0.3) is 0 Å². The molecule has 1 aromatic heterocycles. The molecule has 7 nitrogen and oxygen atoms in total. The SMILES string of the molecule is COc1cc(NC(=O)CCn2c(=O)n(C)c3ccccc32)c(OC)cc1Cl. The Kier molecular flexibility index (Phi) is 5.41. The molecule has 0 fully saturated rings. The van der Waals surface area contributed by atoms with Crippen LogP contribution in [0.4, 0.5) is 5.69 Å². The predicted molar refractivity (Wildman–Crippen MR) is 105 cm³/mol. The molecule has 1 heterocycles. The molecule has 0 unspecified atom stereocenters. The quantitative estimate of drug-likeness (QED) is 0.703. The Morgan fingerprint density at radius 1 is 1.11 bits per heavy atom. The second-order valence-electron chi connectivity index (χ2n) is 5.97. The average molecular weight is 390 g/mol. The van der Waals surface area contributed by atoms with Gasteiger partial charge in [0.2, 0.25) is 5.91 Å². The fourth-order valence-electron chi connectivity index (χ4n) is 2.96. The molecule has 0 aliphatic carbocycles.